The van der Waals surface area contributed by atoms with Crippen LogP contribution in [0.1, 0.15) is 95.5 Å². The average molecular weight is 367 g/mol. The zero-order chi connectivity index (χ0) is 18.5. The highest BCUT2D eigenvalue weighted by Gasteiger charge is 2.31. The quantitative estimate of drug-likeness (QED) is 0.356. The van der Waals surface area contributed by atoms with Crippen LogP contribution in [0.5, 0.6) is 0 Å². The molecule has 2 aliphatic rings. The van der Waals surface area contributed by atoms with Crippen molar-refractivity contribution in [2.24, 2.45) is 17.8 Å². The first-order valence-corrected chi connectivity index (χ1v) is 10.7. The largest absolute Gasteiger partial charge is 0.204 e. The highest BCUT2D eigenvalue weighted by Crippen LogP contribution is 2.44. The molecule has 0 radical (unpaired) electrons. The average Bonchev–Trinajstić information content (AvgIpc) is 2.67. The van der Waals surface area contributed by atoms with Crippen molar-refractivity contribution in [2.45, 2.75) is 89.9 Å². The number of halogens is 3. The summed E-state index contributed by atoms with van der Waals surface area (Å²) in [6.07, 6.45) is 15.2. The zero-order valence-electron chi connectivity index (χ0n) is 16.1. The van der Waals surface area contributed by atoms with E-state index < -0.39 is 17.5 Å². The lowest BCUT2D eigenvalue weighted by atomic mass is 9.68. The Balaban J connectivity index is 1.46. The van der Waals surface area contributed by atoms with E-state index in [9.17, 15) is 13.2 Å². The first-order valence-electron chi connectivity index (χ1n) is 10.7. The van der Waals surface area contributed by atoms with E-state index in [1.807, 2.05) is 0 Å². The predicted molar refractivity (Wildman–Crippen MR) is 101 cm³/mol. The first kappa shape index (κ1) is 19.8. The van der Waals surface area contributed by atoms with Crippen molar-refractivity contribution in [3.05, 3.63) is 35.1 Å². The van der Waals surface area contributed by atoms with Crippen LogP contribution in [0.25, 0.3) is 0 Å². The molecule has 3 rings (SSSR count). The Morgan fingerprint density at radius 2 is 1.31 bits per heavy atom. The van der Waals surface area contributed by atoms with Crippen LogP contribution < -0.4 is 0 Å². The summed E-state index contributed by atoms with van der Waals surface area (Å²) < 4.78 is 40.2. The van der Waals surface area contributed by atoms with Crippen LogP contribution in [0.15, 0.2) is 12.1 Å². The van der Waals surface area contributed by atoms with Gasteiger partial charge in [-0.1, -0.05) is 45.4 Å². The molecule has 0 unspecified atom stereocenters. The third-order valence-electron chi connectivity index (χ3n) is 7.02. The fraction of sp³-hybridized carbons (Fsp3) is 0.739. The molecule has 2 fully saturated rings. The maximum atomic E-state index is 13.5. The molecule has 1 aromatic rings. The van der Waals surface area contributed by atoms with E-state index >= 15 is 0 Å². The summed E-state index contributed by atoms with van der Waals surface area (Å²) in [4.78, 5) is 0. The Kier molecular flexibility index (Phi) is 7.05. The maximum absolute atomic E-state index is 13.5. The standard InChI is InChI=1S/C23H33F3/c1-2-3-4-5-16-6-8-17(9-7-16)18-10-12-19(13-11-18)20-14-21(24)23(26)22(25)15-20/h14-19H,2-13H2,1H3/t16-,17-,18?,19?. The molecule has 146 valence electrons. The van der Waals surface area contributed by atoms with Gasteiger partial charge in [-0.25, -0.2) is 13.2 Å². The van der Waals surface area contributed by atoms with E-state index in [2.05, 4.69) is 6.92 Å². The van der Waals surface area contributed by atoms with E-state index in [-0.39, 0.29) is 5.92 Å². The summed E-state index contributed by atoms with van der Waals surface area (Å²) in [5, 5.41) is 0. The van der Waals surface area contributed by atoms with Crippen LogP contribution in [0.2, 0.25) is 0 Å². The van der Waals surface area contributed by atoms with Crippen molar-refractivity contribution >= 4 is 0 Å². The van der Waals surface area contributed by atoms with Gasteiger partial charge in [0.15, 0.2) is 17.5 Å². The van der Waals surface area contributed by atoms with Gasteiger partial charge in [-0.05, 0) is 79.9 Å². The summed E-state index contributed by atoms with van der Waals surface area (Å²) in [6.45, 7) is 2.27. The summed E-state index contributed by atoms with van der Waals surface area (Å²) >= 11 is 0. The lowest BCUT2D eigenvalue weighted by Crippen LogP contribution is -2.25. The molecule has 0 spiro atoms. The van der Waals surface area contributed by atoms with E-state index in [1.54, 1.807) is 0 Å². The van der Waals surface area contributed by atoms with E-state index in [1.165, 1.54) is 63.5 Å². The van der Waals surface area contributed by atoms with Crippen LogP contribution in [0.4, 0.5) is 13.2 Å². The van der Waals surface area contributed by atoms with E-state index in [0.717, 1.165) is 43.4 Å². The second-order valence-corrected chi connectivity index (χ2v) is 8.69. The number of benzene rings is 1. The van der Waals surface area contributed by atoms with Gasteiger partial charge in [0, 0.05) is 0 Å². The fourth-order valence-electron chi connectivity index (χ4n) is 5.37. The molecule has 1 aromatic carbocycles. The van der Waals surface area contributed by atoms with E-state index in [0.29, 0.717) is 5.56 Å². The van der Waals surface area contributed by atoms with Gasteiger partial charge in [0.2, 0.25) is 0 Å². The lowest BCUT2D eigenvalue weighted by Gasteiger charge is -2.38. The highest BCUT2D eigenvalue weighted by molar-refractivity contribution is 5.23. The van der Waals surface area contributed by atoms with Gasteiger partial charge >= 0.3 is 0 Å². The van der Waals surface area contributed by atoms with Gasteiger partial charge < -0.3 is 0 Å². The van der Waals surface area contributed by atoms with Crippen LogP contribution >= 0.6 is 0 Å². The minimum absolute atomic E-state index is 0.182. The second-order valence-electron chi connectivity index (χ2n) is 8.69. The van der Waals surface area contributed by atoms with Gasteiger partial charge in [0.1, 0.15) is 0 Å². The number of hydrogen-bond acceptors (Lipinski definition) is 0. The molecule has 0 N–H and O–H groups in total. The van der Waals surface area contributed by atoms with Crippen LogP contribution in [0, 0.1) is 35.2 Å². The molecule has 0 amide bonds. The zero-order valence-corrected chi connectivity index (χ0v) is 16.1. The van der Waals surface area contributed by atoms with Gasteiger partial charge in [-0.3, -0.25) is 0 Å². The number of unbranched alkanes of at least 4 members (excludes halogenated alkanes) is 2. The van der Waals surface area contributed by atoms with Gasteiger partial charge in [0.05, 0.1) is 0 Å². The topological polar surface area (TPSA) is 0 Å². The van der Waals surface area contributed by atoms with Crippen molar-refractivity contribution in [3.63, 3.8) is 0 Å². The number of hydrogen-bond donors (Lipinski definition) is 0. The molecule has 0 saturated heterocycles. The van der Waals surface area contributed by atoms with Crippen LogP contribution in [0.3, 0.4) is 0 Å². The summed E-state index contributed by atoms with van der Waals surface area (Å²) in [6, 6.07) is 2.40. The first-order chi connectivity index (χ1) is 12.6. The lowest BCUT2D eigenvalue weighted by molar-refractivity contribution is 0.155. The fourth-order valence-corrected chi connectivity index (χ4v) is 5.37. The molecule has 0 bridgehead atoms. The molecular weight excluding hydrogens is 333 g/mol. The molecular formula is C23H33F3. The Hall–Kier alpha value is -0.990. The molecule has 0 aromatic heterocycles. The van der Waals surface area contributed by atoms with Gasteiger partial charge in [-0.15, -0.1) is 0 Å². The Morgan fingerprint density at radius 3 is 1.85 bits per heavy atom. The second kappa shape index (κ2) is 9.28. The van der Waals surface area contributed by atoms with Crippen LogP contribution in [-0.2, 0) is 0 Å². The molecule has 26 heavy (non-hydrogen) atoms. The normalized spacial score (nSPS) is 29.7. The molecule has 0 heterocycles. The van der Waals surface area contributed by atoms with Crippen molar-refractivity contribution < 1.29 is 13.2 Å². The molecule has 0 aliphatic heterocycles. The molecule has 3 heteroatoms. The van der Waals surface area contributed by atoms with Crippen molar-refractivity contribution in [2.75, 3.05) is 0 Å². The smallest absolute Gasteiger partial charge is 0.194 e. The maximum Gasteiger partial charge on any atom is 0.194 e. The Bertz CT molecular complexity index is 544. The van der Waals surface area contributed by atoms with Crippen molar-refractivity contribution in [1.29, 1.82) is 0 Å². The Morgan fingerprint density at radius 1 is 0.769 bits per heavy atom. The highest BCUT2D eigenvalue weighted by atomic mass is 19.2. The molecule has 2 saturated carbocycles. The van der Waals surface area contributed by atoms with Crippen LogP contribution in [-0.4, -0.2) is 0 Å². The van der Waals surface area contributed by atoms with Crippen molar-refractivity contribution in [1.82, 2.24) is 0 Å². The summed E-state index contributed by atoms with van der Waals surface area (Å²) in [5.74, 6) is -0.705. The summed E-state index contributed by atoms with van der Waals surface area (Å²) in [7, 11) is 0. The molecule has 0 atom stereocenters. The molecule has 0 nitrogen and oxygen atoms in total. The predicted octanol–water partition coefficient (Wildman–Crippen LogP) is 7.76. The SMILES string of the molecule is CCCCC[C@H]1CC[C@H](C2CCC(c3cc(F)c(F)c(F)c3)CC2)CC1. The van der Waals surface area contributed by atoms with Crippen molar-refractivity contribution in [3.8, 4) is 0 Å². The number of rotatable bonds is 6. The Labute approximate surface area is 156 Å². The van der Waals surface area contributed by atoms with E-state index in [4.69, 9.17) is 0 Å². The summed E-state index contributed by atoms with van der Waals surface area (Å²) in [5.41, 5.74) is 0.638. The van der Waals surface area contributed by atoms with Gasteiger partial charge in [0.25, 0.3) is 0 Å². The third kappa shape index (κ3) is 4.84. The minimum Gasteiger partial charge on any atom is -0.204 e. The van der Waals surface area contributed by atoms with Gasteiger partial charge in [-0.2, -0.15) is 0 Å². The minimum atomic E-state index is -1.35. The monoisotopic (exact) mass is 366 g/mol. The molecule has 2 aliphatic carbocycles. The third-order valence-corrected chi connectivity index (χ3v) is 7.02.